The molecule has 2 heterocycles. The third-order valence-electron chi connectivity index (χ3n) is 3.56. The molecule has 1 saturated heterocycles. The molecule has 3 nitrogen and oxygen atoms in total. The van der Waals surface area contributed by atoms with Gasteiger partial charge in [0.05, 0.1) is 7.05 Å². The molecule has 3 heteroatoms. The Morgan fingerprint density at radius 3 is 2.69 bits per heavy atom. The molecule has 1 amide bonds. The first-order valence-corrected chi connectivity index (χ1v) is 5.08. The third-order valence-corrected chi connectivity index (χ3v) is 3.56. The average Bonchev–Trinajstić information content (AvgIpc) is 2.97. The van der Waals surface area contributed by atoms with Crippen molar-refractivity contribution < 1.29 is 9.28 Å². The molecular formula is C10H15N2O+. The van der Waals surface area contributed by atoms with Gasteiger partial charge in [-0.2, -0.15) is 0 Å². The summed E-state index contributed by atoms with van der Waals surface area (Å²) in [6, 6.07) is 0. The highest BCUT2D eigenvalue weighted by Gasteiger charge is 2.67. The quantitative estimate of drug-likeness (QED) is 0.580. The summed E-state index contributed by atoms with van der Waals surface area (Å²) < 4.78 is 1.01. The van der Waals surface area contributed by atoms with E-state index in [0.717, 1.165) is 30.5 Å². The van der Waals surface area contributed by atoms with Crippen molar-refractivity contribution in [3.8, 4) is 0 Å². The van der Waals surface area contributed by atoms with Gasteiger partial charge in [-0.1, -0.05) is 0 Å². The van der Waals surface area contributed by atoms with E-state index >= 15 is 0 Å². The first kappa shape index (κ1) is 7.56. The summed E-state index contributed by atoms with van der Waals surface area (Å²) in [5.74, 6) is 0.359. The van der Waals surface area contributed by atoms with Gasteiger partial charge in [-0.15, -0.1) is 0 Å². The predicted molar refractivity (Wildman–Crippen MR) is 48.3 cm³/mol. The zero-order valence-electron chi connectivity index (χ0n) is 8.05. The van der Waals surface area contributed by atoms with E-state index in [1.54, 1.807) is 11.4 Å². The number of amides is 1. The molecule has 0 spiro atoms. The van der Waals surface area contributed by atoms with Crippen LogP contribution in [0, 0.1) is 0 Å². The third kappa shape index (κ3) is 0.967. The van der Waals surface area contributed by atoms with E-state index in [4.69, 9.17) is 0 Å². The fraction of sp³-hybridized carbons (Fsp3) is 0.700. The Morgan fingerprint density at radius 1 is 1.38 bits per heavy atom. The van der Waals surface area contributed by atoms with Gasteiger partial charge in [-0.25, -0.2) is 4.48 Å². The van der Waals surface area contributed by atoms with Gasteiger partial charge in [0, 0.05) is 13.0 Å². The topological polar surface area (TPSA) is 20.3 Å². The van der Waals surface area contributed by atoms with E-state index in [-0.39, 0.29) is 0 Å². The summed E-state index contributed by atoms with van der Waals surface area (Å²) in [5.41, 5.74) is 3.16. The molecule has 3 rings (SSSR count). The normalized spacial score (nSPS) is 29.0. The van der Waals surface area contributed by atoms with Gasteiger partial charge in [-0.05, 0) is 12.8 Å². The Labute approximate surface area is 78.2 Å². The summed E-state index contributed by atoms with van der Waals surface area (Å²) >= 11 is 0. The molecule has 0 bridgehead atoms. The standard InChI is InChI=1S/C10H15N2O/c1-12(8-6-9(8)12)7-11-5-3-2-4-10(11)13/h2-7H2,1H3/q+1. The molecule has 0 unspecified atom stereocenters. The van der Waals surface area contributed by atoms with E-state index < -0.39 is 0 Å². The largest absolute Gasteiger partial charge is 0.295 e. The van der Waals surface area contributed by atoms with Crippen LogP contribution in [0.4, 0.5) is 0 Å². The number of likely N-dealkylation sites (tertiary alicyclic amines) is 2. The van der Waals surface area contributed by atoms with Crippen molar-refractivity contribution in [1.82, 2.24) is 4.90 Å². The number of piperidine rings is 1. The van der Waals surface area contributed by atoms with E-state index in [0.29, 0.717) is 5.91 Å². The molecule has 1 fully saturated rings. The molecule has 0 N–H and O–H groups in total. The smallest absolute Gasteiger partial charge is 0.226 e. The number of nitrogens with zero attached hydrogens (tertiary/aromatic N) is 2. The number of hydrogen-bond donors (Lipinski definition) is 0. The van der Waals surface area contributed by atoms with Crippen LogP contribution in [0.2, 0.25) is 0 Å². The summed E-state index contributed by atoms with van der Waals surface area (Å²) in [6.45, 7) is 1.90. The second kappa shape index (κ2) is 2.15. The van der Waals surface area contributed by atoms with Gasteiger partial charge in [0.2, 0.25) is 5.91 Å². The van der Waals surface area contributed by atoms with Crippen LogP contribution in [-0.4, -0.2) is 35.6 Å². The molecule has 0 aromatic rings. The van der Waals surface area contributed by atoms with Crippen LogP contribution in [0.5, 0.6) is 0 Å². The Morgan fingerprint density at radius 2 is 2.15 bits per heavy atom. The highest BCUT2D eigenvalue weighted by atomic mass is 16.2. The highest BCUT2D eigenvalue weighted by Crippen LogP contribution is 2.61. The van der Waals surface area contributed by atoms with Crippen LogP contribution in [0.1, 0.15) is 25.7 Å². The van der Waals surface area contributed by atoms with Gasteiger partial charge < -0.3 is 0 Å². The Bertz CT molecular complexity index is 307. The maximum atomic E-state index is 11.5. The van der Waals surface area contributed by atoms with E-state index in [1.807, 2.05) is 4.90 Å². The van der Waals surface area contributed by atoms with Crippen molar-refractivity contribution in [3.63, 3.8) is 0 Å². The van der Waals surface area contributed by atoms with Crippen molar-refractivity contribution in [2.45, 2.75) is 25.7 Å². The molecule has 13 heavy (non-hydrogen) atoms. The van der Waals surface area contributed by atoms with Gasteiger partial charge in [0.1, 0.15) is 6.42 Å². The number of allylic oxidation sites excluding steroid dienone is 2. The fourth-order valence-electron chi connectivity index (χ4n) is 2.39. The zero-order chi connectivity index (χ0) is 9.05. The van der Waals surface area contributed by atoms with Crippen molar-refractivity contribution in [2.24, 2.45) is 0 Å². The minimum atomic E-state index is 0.359. The first-order chi connectivity index (χ1) is 6.22. The number of quaternary nitrogens is 1. The van der Waals surface area contributed by atoms with Gasteiger partial charge in [-0.3, -0.25) is 9.69 Å². The van der Waals surface area contributed by atoms with Crippen molar-refractivity contribution in [3.05, 3.63) is 11.4 Å². The molecule has 0 aromatic carbocycles. The van der Waals surface area contributed by atoms with Crippen LogP contribution in [0.15, 0.2) is 11.4 Å². The molecule has 0 saturated carbocycles. The van der Waals surface area contributed by atoms with Crippen molar-refractivity contribution in [1.29, 1.82) is 0 Å². The monoisotopic (exact) mass is 179 g/mol. The van der Waals surface area contributed by atoms with Gasteiger partial charge in [0.25, 0.3) is 0 Å². The Balaban J connectivity index is 1.62. The molecule has 70 valence electrons. The molecule has 3 aliphatic rings. The minimum absolute atomic E-state index is 0.359. The van der Waals surface area contributed by atoms with Gasteiger partial charge in [0.15, 0.2) is 18.1 Å². The molecular weight excluding hydrogens is 164 g/mol. The van der Waals surface area contributed by atoms with Crippen LogP contribution >= 0.6 is 0 Å². The lowest BCUT2D eigenvalue weighted by molar-refractivity contribution is -0.798. The van der Waals surface area contributed by atoms with Crippen LogP contribution in [-0.2, 0) is 4.79 Å². The SMILES string of the molecule is C[N+]1(CN2CCCCC2=O)C2=C1C2. The Kier molecular flexibility index (Phi) is 1.25. The summed E-state index contributed by atoms with van der Waals surface area (Å²) in [4.78, 5) is 13.6. The molecule has 0 radical (unpaired) electrons. The van der Waals surface area contributed by atoms with Crippen LogP contribution in [0.25, 0.3) is 0 Å². The summed E-state index contributed by atoms with van der Waals surface area (Å²) in [7, 11) is 2.22. The number of carbonyl (C=O) groups is 1. The van der Waals surface area contributed by atoms with E-state index in [2.05, 4.69) is 7.05 Å². The number of carbonyl (C=O) groups excluding carboxylic acids is 1. The Hall–Kier alpha value is -0.830. The second-order valence-corrected chi connectivity index (χ2v) is 4.52. The zero-order valence-corrected chi connectivity index (χ0v) is 8.05. The van der Waals surface area contributed by atoms with E-state index in [9.17, 15) is 4.79 Å². The molecule has 0 aromatic heterocycles. The lowest BCUT2D eigenvalue weighted by Crippen LogP contribution is -2.46. The first-order valence-electron chi connectivity index (χ1n) is 5.08. The second-order valence-electron chi connectivity index (χ2n) is 4.52. The maximum absolute atomic E-state index is 11.5. The average molecular weight is 179 g/mol. The van der Waals surface area contributed by atoms with Gasteiger partial charge >= 0.3 is 0 Å². The highest BCUT2D eigenvalue weighted by molar-refractivity contribution is 5.76. The minimum Gasteiger partial charge on any atom is -0.295 e. The lowest BCUT2D eigenvalue weighted by Gasteiger charge is -2.32. The fourth-order valence-corrected chi connectivity index (χ4v) is 2.39. The van der Waals surface area contributed by atoms with Crippen molar-refractivity contribution >= 4 is 5.91 Å². The van der Waals surface area contributed by atoms with Crippen LogP contribution in [0.3, 0.4) is 0 Å². The van der Waals surface area contributed by atoms with E-state index in [1.165, 1.54) is 12.8 Å². The van der Waals surface area contributed by atoms with Crippen LogP contribution < -0.4 is 0 Å². The predicted octanol–water partition coefficient (Wildman–Crippen LogP) is 1.03. The molecule has 2 aliphatic heterocycles. The summed E-state index contributed by atoms with van der Waals surface area (Å²) in [6.07, 6.45) is 4.30. The number of hydrogen-bond acceptors (Lipinski definition) is 1. The summed E-state index contributed by atoms with van der Waals surface area (Å²) in [5, 5.41) is 0. The van der Waals surface area contributed by atoms with Crippen molar-refractivity contribution in [2.75, 3.05) is 20.3 Å². The molecule has 1 aliphatic carbocycles. The maximum Gasteiger partial charge on any atom is 0.226 e. The molecule has 0 atom stereocenters. The number of rotatable bonds is 2. The lowest BCUT2D eigenvalue weighted by atomic mass is 10.1.